The van der Waals surface area contributed by atoms with Crippen molar-refractivity contribution in [2.45, 2.75) is 13.1 Å². The fourth-order valence-corrected chi connectivity index (χ4v) is 4.53. The summed E-state index contributed by atoms with van der Waals surface area (Å²) in [4.78, 5) is 29.5. The molecule has 4 aromatic rings. The number of piperazine rings is 1. The predicted molar refractivity (Wildman–Crippen MR) is 120 cm³/mol. The highest BCUT2D eigenvalue weighted by molar-refractivity contribution is 6.02. The fraction of sp³-hybridized carbons (Fsp3) is 0.292. The molecular formula is C24H22N4O5. The van der Waals surface area contributed by atoms with Crippen LogP contribution in [0.5, 0.6) is 11.5 Å². The molecule has 168 valence electrons. The molecule has 6 rings (SSSR count). The van der Waals surface area contributed by atoms with Crippen LogP contribution in [-0.4, -0.2) is 58.5 Å². The zero-order valence-electron chi connectivity index (χ0n) is 17.9. The van der Waals surface area contributed by atoms with Crippen LogP contribution in [0.2, 0.25) is 0 Å². The lowest BCUT2D eigenvalue weighted by Gasteiger charge is -2.34. The molecule has 2 aliphatic rings. The van der Waals surface area contributed by atoms with Crippen LogP contribution in [0.15, 0.2) is 57.9 Å². The number of fused-ring (bicyclic) bond motifs is 4. The van der Waals surface area contributed by atoms with Gasteiger partial charge in [-0.1, -0.05) is 18.2 Å². The van der Waals surface area contributed by atoms with E-state index in [-0.39, 0.29) is 19.2 Å². The maximum absolute atomic E-state index is 13.0. The molecule has 1 fully saturated rings. The fourth-order valence-electron chi connectivity index (χ4n) is 4.53. The second-order valence-electron chi connectivity index (χ2n) is 8.29. The van der Waals surface area contributed by atoms with Gasteiger partial charge in [0.25, 0.3) is 0 Å². The monoisotopic (exact) mass is 446 g/mol. The van der Waals surface area contributed by atoms with E-state index in [1.54, 1.807) is 10.7 Å². The summed E-state index contributed by atoms with van der Waals surface area (Å²) in [6.45, 7) is 4.01. The molecule has 0 atom stereocenters. The number of nitrogens with zero attached hydrogens (tertiary/aromatic N) is 4. The largest absolute Gasteiger partial charge is 0.454 e. The van der Waals surface area contributed by atoms with Gasteiger partial charge in [-0.15, -0.1) is 0 Å². The third kappa shape index (κ3) is 3.60. The van der Waals surface area contributed by atoms with Crippen LogP contribution >= 0.6 is 0 Å². The Morgan fingerprint density at radius 1 is 0.970 bits per heavy atom. The van der Waals surface area contributed by atoms with Crippen LogP contribution < -0.4 is 15.1 Å². The molecule has 0 unspecified atom stereocenters. The van der Waals surface area contributed by atoms with E-state index in [9.17, 15) is 9.59 Å². The average Bonchev–Trinajstić information content (AvgIpc) is 3.47. The number of carbonyl (C=O) groups is 1. The molecule has 1 saturated heterocycles. The molecule has 1 amide bonds. The standard InChI is InChI=1S/C24H22N4O5/c29-22(14-28-23-17-3-1-2-4-19(17)33-24(30)18(23)12-25-28)27-9-7-26(8-10-27)13-16-5-6-20-21(11-16)32-15-31-20/h1-6,11-12H,7-10,13-15H2. The molecule has 0 bridgehead atoms. The van der Waals surface area contributed by atoms with Crippen LogP contribution in [0, 0.1) is 0 Å². The van der Waals surface area contributed by atoms with E-state index in [1.807, 2.05) is 35.2 Å². The molecule has 2 aliphatic heterocycles. The summed E-state index contributed by atoms with van der Waals surface area (Å²) in [6, 6.07) is 13.3. The summed E-state index contributed by atoms with van der Waals surface area (Å²) in [7, 11) is 0. The Morgan fingerprint density at radius 3 is 2.67 bits per heavy atom. The van der Waals surface area contributed by atoms with Crippen molar-refractivity contribution < 1.29 is 18.7 Å². The number of hydrogen-bond donors (Lipinski definition) is 0. The van der Waals surface area contributed by atoms with Gasteiger partial charge in [-0.05, 0) is 29.8 Å². The number of carbonyl (C=O) groups excluding carboxylic acids is 1. The van der Waals surface area contributed by atoms with Gasteiger partial charge in [-0.25, -0.2) is 4.79 Å². The van der Waals surface area contributed by atoms with Gasteiger partial charge >= 0.3 is 5.63 Å². The van der Waals surface area contributed by atoms with Crippen molar-refractivity contribution in [2.24, 2.45) is 0 Å². The van der Waals surface area contributed by atoms with Crippen LogP contribution in [0.3, 0.4) is 0 Å². The lowest BCUT2D eigenvalue weighted by molar-refractivity contribution is -0.133. The Kier molecular flexibility index (Phi) is 4.76. The summed E-state index contributed by atoms with van der Waals surface area (Å²) in [5.41, 5.74) is 1.84. The van der Waals surface area contributed by atoms with E-state index < -0.39 is 5.63 Å². The number of hydrogen-bond acceptors (Lipinski definition) is 7. The lowest BCUT2D eigenvalue weighted by atomic mass is 10.1. The number of aromatic nitrogens is 2. The summed E-state index contributed by atoms with van der Waals surface area (Å²) >= 11 is 0. The minimum atomic E-state index is -0.445. The van der Waals surface area contributed by atoms with Gasteiger partial charge in [0.05, 0.1) is 11.7 Å². The van der Waals surface area contributed by atoms with E-state index >= 15 is 0 Å². The van der Waals surface area contributed by atoms with Crippen molar-refractivity contribution in [3.8, 4) is 11.5 Å². The third-order valence-electron chi connectivity index (χ3n) is 6.26. The maximum atomic E-state index is 13.0. The second-order valence-corrected chi connectivity index (χ2v) is 8.29. The smallest absolute Gasteiger partial charge is 0.347 e. The topological polar surface area (TPSA) is 90.0 Å². The van der Waals surface area contributed by atoms with Crippen molar-refractivity contribution in [3.63, 3.8) is 0 Å². The highest BCUT2D eigenvalue weighted by Crippen LogP contribution is 2.33. The van der Waals surface area contributed by atoms with Crippen molar-refractivity contribution in [1.29, 1.82) is 0 Å². The Bertz CT molecular complexity index is 1420. The Balaban J connectivity index is 1.14. The average molecular weight is 446 g/mol. The van der Waals surface area contributed by atoms with Gasteiger partial charge in [-0.3, -0.25) is 14.4 Å². The van der Waals surface area contributed by atoms with E-state index in [2.05, 4.69) is 16.1 Å². The molecule has 2 aromatic carbocycles. The SMILES string of the molecule is O=C(Cn1ncc2c(=O)oc3ccccc3c21)N1CCN(Cc2ccc3c(c2)OCO3)CC1. The van der Waals surface area contributed by atoms with Crippen molar-refractivity contribution in [2.75, 3.05) is 33.0 Å². The third-order valence-corrected chi connectivity index (χ3v) is 6.26. The number of para-hydroxylation sites is 1. The van der Waals surface area contributed by atoms with Gasteiger partial charge < -0.3 is 18.8 Å². The minimum absolute atomic E-state index is 0.0138. The molecule has 0 aliphatic carbocycles. The molecule has 9 heteroatoms. The lowest BCUT2D eigenvalue weighted by Crippen LogP contribution is -2.49. The molecule has 9 nitrogen and oxygen atoms in total. The van der Waals surface area contributed by atoms with E-state index in [0.717, 1.165) is 42.1 Å². The first kappa shape index (κ1) is 19.8. The van der Waals surface area contributed by atoms with Crippen molar-refractivity contribution in [3.05, 3.63) is 64.6 Å². The first-order chi connectivity index (χ1) is 16.2. The molecule has 0 N–H and O–H groups in total. The normalized spacial score (nSPS) is 16.1. The summed E-state index contributed by atoms with van der Waals surface area (Å²) in [6.07, 6.45) is 1.48. The van der Waals surface area contributed by atoms with Crippen LogP contribution in [-0.2, 0) is 17.9 Å². The predicted octanol–water partition coefficient (Wildman–Crippen LogP) is 2.22. The minimum Gasteiger partial charge on any atom is -0.454 e. The molecule has 4 heterocycles. The van der Waals surface area contributed by atoms with Gasteiger partial charge in [0.2, 0.25) is 12.7 Å². The van der Waals surface area contributed by atoms with Crippen LogP contribution in [0.1, 0.15) is 5.56 Å². The zero-order chi connectivity index (χ0) is 22.4. The maximum Gasteiger partial charge on any atom is 0.347 e. The van der Waals surface area contributed by atoms with E-state index in [1.165, 1.54) is 6.20 Å². The molecular weight excluding hydrogens is 424 g/mol. The molecule has 0 spiro atoms. The summed E-state index contributed by atoms with van der Waals surface area (Å²) in [5, 5.41) is 5.47. The highest BCUT2D eigenvalue weighted by atomic mass is 16.7. The van der Waals surface area contributed by atoms with E-state index in [0.29, 0.717) is 29.6 Å². The quantitative estimate of drug-likeness (QED) is 0.444. The Morgan fingerprint density at radius 2 is 1.79 bits per heavy atom. The van der Waals surface area contributed by atoms with Gasteiger partial charge in [0, 0.05) is 38.1 Å². The van der Waals surface area contributed by atoms with Gasteiger partial charge in [0.15, 0.2) is 11.5 Å². The Labute approximate surface area is 188 Å². The van der Waals surface area contributed by atoms with Gasteiger partial charge in [0.1, 0.15) is 17.5 Å². The second kappa shape index (κ2) is 7.93. The van der Waals surface area contributed by atoms with Crippen molar-refractivity contribution in [1.82, 2.24) is 19.6 Å². The zero-order valence-corrected chi connectivity index (χ0v) is 17.9. The van der Waals surface area contributed by atoms with Gasteiger partial charge in [-0.2, -0.15) is 5.10 Å². The highest BCUT2D eigenvalue weighted by Gasteiger charge is 2.23. The van der Waals surface area contributed by atoms with Crippen LogP contribution in [0.4, 0.5) is 0 Å². The summed E-state index contributed by atoms with van der Waals surface area (Å²) < 4.78 is 17.8. The number of rotatable bonds is 4. The molecule has 0 saturated carbocycles. The number of benzene rings is 2. The number of ether oxygens (including phenoxy) is 2. The number of amides is 1. The summed E-state index contributed by atoms with van der Waals surface area (Å²) in [5.74, 6) is 1.56. The Hall–Kier alpha value is -3.85. The molecule has 33 heavy (non-hydrogen) atoms. The van der Waals surface area contributed by atoms with Crippen molar-refractivity contribution >= 4 is 27.8 Å². The first-order valence-electron chi connectivity index (χ1n) is 10.9. The molecule has 0 radical (unpaired) electrons. The molecule has 2 aromatic heterocycles. The van der Waals surface area contributed by atoms with Crippen LogP contribution in [0.25, 0.3) is 21.9 Å². The van der Waals surface area contributed by atoms with E-state index in [4.69, 9.17) is 13.9 Å². The first-order valence-corrected chi connectivity index (χ1v) is 10.9.